The van der Waals surface area contributed by atoms with E-state index in [0.717, 1.165) is 0 Å². The van der Waals surface area contributed by atoms with E-state index in [0.29, 0.717) is 18.4 Å². The van der Waals surface area contributed by atoms with Crippen molar-refractivity contribution in [2.45, 2.75) is 39.2 Å². The summed E-state index contributed by atoms with van der Waals surface area (Å²) in [5, 5.41) is 11.2. The van der Waals surface area contributed by atoms with Crippen LogP contribution in [0.15, 0.2) is 30.3 Å². The molecule has 2 unspecified atom stereocenters. The number of carbonyl (C=O) groups is 2. The molecular formula is C15H19O4-. The maximum atomic E-state index is 11.6. The maximum absolute atomic E-state index is 11.6. The van der Waals surface area contributed by atoms with Crippen LogP contribution in [-0.2, 0) is 14.3 Å². The number of aliphatic carboxylic acids is 1. The van der Waals surface area contributed by atoms with Crippen LogP contribution >= 0.6 is 0 Å². The van der Waals surface area contributed by atoms with Gasteiger partial charge in [0, 0.05) is 18.3 Å². The number of hydrogen-bond donors (Lipinski definition) is 0. The van der Waals surface area contributed by atoms with E-state index >= 15 is 0 Å². The lowest BCUT2D eigenvalue weighted by Gasteiger charge is -2.27. The van der Waals surface area contributed by atoms with Gasteiger partial charge in [-0.1, -0.05) is 44.2 Å². The summed E-state index contributed by atoms with van der Waals surface area (Å²) in [6, 6.07) is 8.93. The Balaban J connectivity index is 2.97. The summed E-state index contributed by atoms with van der Waals surface area (Å²) < 4.78 is 5.33. The molecule has 0 amide bonds. The third-order valence-corrected chi connectivity index (χ3v) is 2.95. The minimum atomic E-state index is -1.19. The molecule has 0 bridgehead atoms. The number of carboxylic acids is 1. The third-order valence-electron chi connectivity index (χ3n) is 2.95. The first-order chi connectivity index (χ1) is 9.10. The van der Waals surface area contributed by atoms with Crippen molar-refractivity contribution in [3.8, 4) is 0 Å². The van der Waals surface area contributed by atoms with Crippen LogP contribution in [-0.4, -0.2) is 11.9 Å². The minimum absolute atomic E-state index is 0.285. The van der Waals surface area contributed by atoms with Gasteiger partial charge in [-0.05, 0) is 18.4 Å². The summed E-state index contributed by atoms with van der Waals surface area (Å²) in [5.74, 6) is -2.40. The van der Waals surface area contributed by atoms with Crippen LogP contribution < -0.4 is 5.11 Å². The molecule has 0 saturated carbocycles. The van der Waals surface area contributed by atoms with Crippen LogP contribution in [0.2, 0.25) is 0 Å². The highest BCUT2D eigenvalue weighted by molar-refractivity contribution is 5.72. The van der Waals surface area contributed by atoms with Crippen LogP contribution in [0.1, 0.15) is 44.8 Å². The number of benzene rings is 1. The van der Waals surface area contributed by atoms with Crippen LogP contribution in [0, 0.1) is 5.92 Å². The fourth-order valence-corrected chi connectivity index (χ4v) is 1.93. The van der Waals surface area contributed by atoms with Crippen molar-refractivity contribution < 1.29 is 19.4 Å². The Morgan fingerprint density at radius 1 is 1.21 bits per heavy atom. The summed E-state index contributed by atoms with van der Waals surface area (Å²) in [6.07, 6.45) is 0.520. The molecule has 0 aliphatic heterocycles. The number of ether oxygens (including phenoxy) is 1. The van der Waals surface area contributed by atoms with E-state index in [1.165, 1.54) is 0 Å². The van der Waals surface area contributed by atoms with E-state index in [1.807, 2.05) is 13.0 Å². The highest BCUT2D eigenvalue weighted by atomic mass is 16.5. The highest BCUT2D eigenvalue weighted by Gasteiger charge is 2.26. The van der Waals surface area contributed by atoms with Crippen molar-refractivity contribution >= 4 is 11.9 Å². The summed E-state index contributed by atoms with van der Waals surface area (Å²) in [4.78, 5) is 22.8. The van der Waals surface area contributed by atoms with Crippen LogP contribution in [0.4, 0.5) is 0 Å². The second-order valence-corrected chi connectivity index (χ2v) is 4.40. The zero-order valence-electron chi connectivity index (χ0n) is 11.3. The summed E-state index contributed by atoms with van der Waals surface area (Å²) >= 11 is 0. The van der Waals surface area contributed by atoms with E-state index in [9.17, 15) is 14.7 Å². The topological polar surface area (TPSA) is 66.4 Å². The van der Waals surface area contributed by atoms with Gasteiger partial charge in [-0.25, -0.2) is 0 Å². The van der Waals surface area contributed by atoms with E-state index in [4.69, 9.17) is 4.74 Å². The lowest BCUT2D eigenvalue weighted by molar-refractivity contribution is -0.314. The number of hydrogen-bond acceptors (Lipinski definition) is 4. The lowest BCUT2D eigenvalue weighted by atomic mass is 9.93. The average molecular weight is 263 g/mol. The number of carbonyl (C=O) groups excluding carboxylic acids is 2. The minimum Gasteiger partial charge on any atom is -0.550 e. The third kappa shape index (κ3) is 4.39. The van der Waals surface area contributed by atoms with E-state index < -0.39 is 18.0 Å². The fourth-order valence-electron chi connectivity index (χ4n) is 1.93. The first-order valence-electron chi connectivity index (χ1n) is 6.55. The van der Waals surface area contributed by atoms with Gasteiger partial charge in [-0.15, -0.1) is 0 Å². The molecule has 4 heteroatoms. The molecule has 0 fully saturated rings. The summed E-state index contributed by atoms with van der Waals surface area (Å²) in [5.41, 5.74) is 0.683. The van der Waals surface area contributed by atoms with Gasteiger partial charge in [-0.2, -0.15) is 0 Å². The van der Waals surface area contributed by atoms with E-state index in [1.54, 1.807) is 31.2 Å². The molecule has 0 aliphatic carbocycles. The average Bonchev–Trinajstić information content (AvgIpc) is 2.39. The van der Waals surface area contributed by atoms with Gasteiger partial charge in [0.1, 0.15) is 6.10 Å². The number of carboxylic acid groups (broad SMARTS) is 1. The second-order valence-electron chi connectivity index (χ2n) is 4.40. The van der Waals surface area contributed by atoms with Crippen molar-refractivity contribution in [2.75, 3.05) is 0 Å². The molecule has 0 aliphatic rings. The van der Waals surface area contributed by atoms with Crippen molar-refractivity contribution in [1.82, 2.24) is 0 Å². The largest absolute Gasteiger partial charge is 0.550 e. The van der Waals surface area contributed by atoms with Gasteiger partial charge >= 0.3 is 5.97 Å². The molecule has 1 aromatic rings. The van der Waals surface area contributed by atoms with Gasteiger partial charge < -0.3 is 14.6 Å². The van der Waals surface area contributed by atoms with Gasteiger partial charge in [0.2, 0.25) is 0 Å². The van der Waals surface area contributed by atoms with Gasteiger partial charge in [0.05, 0.1) is 0 Å². The zero-order valence-corrected chi connectivity index (χ0v) is 11.3. The molecule has 4 nitrogen and oxygen atoms in total. The molecule has 0 aromatic heterocycles. The predicted molar refractivity (Wildman–Crippen MR) is 69.0 cm³/mol. The Kier molecular flexibility index (Phi) is 6.06. The summed E-state index contributed by atoms with van der Waals surface area (Å²) in [6.45, 7) is 3.61. The zero-order chi connectivity index (χ0) is 14.3. The molecule has 19 heavy (non-hydrogen) atoms. The second kappa shape index (κ2) is 7.56. The molecule has 0 heterocycles. The van der Waals surface area contributed by atoms with Gasteiger partial charge in [0.15, 0.2) is 0 Å². The monoisotopic (exact) mass is 263 g/mol. The molecule has 104 valence electrons. The fraction of sp³-hybridized carbons (Fsp3) is 0.467. The van der Waals surface area contributed by atoms with Crippen LogP contribution in [0.3, 0.4) is 0 Å². The lowest BCUT2D eigenvalue weighted by Crippen LogP contribution is -2.36. The van der Waals surface area contributed by atoms with Gasteiger partial charge in [0.25, 0.3) is 0 Å². The Hall–Kier alpha value is -1.84. The Morgan fingerprint density at radius 3 is 2.32 bits per heavy atom. The molecule has 0 saturated heterocycles. The highest BCUT2D eigenvalue weighted by Crippen LogP contribution is 2.28. The Labute approximate surface area is 113 Å². The molecule has 2 atom stereocenters. The van der Waals surface area contributed by atoms with Crippen LogP contribution in [0.25, 0.3) is 0 Å². The predicted octanol–water partition coefficient (Wildman–Crippen LogP) is 1.85. The molecule has 0 N–H and O–H groups in total. The normalized spacial score (nSPS) is 13.6. The quantitative estimate of drug-likeness (QED) is 0.704. The Bertz CT molecular complexity index is 413. The molecule has 1 rings (SSSR count). The molecule has 0 radical (unpaired) electrons. The first kappa shape index (κ1) is 15.2. The molecule has 0 spiro atoms. The van der Waals surface area contributed by atoms with Gasteiger partial charge in [-0.3, -0.25) is 4.79 Å². The maximum Gasteiger partial charge on any atom is 0.306 e. The van der Waals surface area contributed by atoms with E-state index in [2.05, 4.69) is 0 Å². The molecule has 1 aromatic carbocycles. The van der Waals surface area contributed by atoms with Crippen LogP contribution in [0.5, 0.6) is 0 Å². The number of esters is 1. The summed E-state index contributed by atoms with van der Waals surface area (Å²) in [7, 11) is 0. The smallest absolute Gasteiger partial charge is 0.306 e. The standard InChI is InChI=1S/C15H20O4/c1-3-8-13(16)19-14(12(4-2)15(17)18)11-9-6-5-7-10-11/h5-7,9-10,12,14H,3-4,8H2,1-2H3,(H,17,18)/p-1. The van der Waals surface area contributed by atoms with Crippen molar-refractivity contribution in [1.29, 1.82) is 0 Å². The van der Waals surface area contributed by atoms with E-state index in [-0.39, 0.29) is 12.4 Å². The van der Waals surface area contributed by atoms with Crippen molar-refractivity contribution in [3.63, 3.8) is 0 Å². The number of rotatable bonds is 7. The van der Waals surface area contributed by atoms with Crippen molar-refractivity contribution in [3.05, 3.63) is 35.9 Å². The Morgan fingerprint density at radius 2 is 1.84 bits per heavy atom. The first-order valence-corrected chi connectivity index (χ1v) is 6.55. The molecular weight excluding hydrogens is 244 g/mol. The van der Waals surface area contributed by atoms with Crippen molar-refractivity contribution in [2.24, 2.45) is 5.92 Å². The SMILES string of the molecule is CCCC(=O)OC(c1ccccc1)C(CC)C(=O)[O-].